The lowest BCUT2D eigenvalue weighted by atomic mass is 10.1. The summed E-state index contributed by atoms with van der Waals surface area (Å²) < 4.78 is 53.7. The molecule has 2 atom stereocenters. The first-order valence-electron chi connectivity index (χ1n) is 31.8. The lowest BCUT2D eigenvalue weighted by Crippen LogP contribution is -2.52. The minimum absolute atomic E-state index is 0.00791. The van der Waals surface area contributed by atoms with Crippen LogP contribution < -0.4 is 46.8 Å². The Hall–Kier alpha value is -8.68. The molecule has 4 aromatic rings. The van der Waals surface area contributed by atoms with Crippen molar-refractivity contribution >= 4 is 80.3 Å². The van der Waals surface area contributed by atoms with E-state index in [-0.39, 0.29) is 170 Å². The average Bonchev–Trinajstić information content (AvgIpc) is 1.15. The Bertz CT molecular complexity index is 3390. The number of carbonyl (C=O) groups excluding carboxylic acids is 5. The van der Waals surface area contributed by atoms with Crippen molar-refractivity contribution in [3.63, 3.8) is 0 Å². The van der Waals surface area contributed by atoms with Crippen LogP contribution in [0, 0.1) is 13.8 Å². The van der Waals surface area contributed by atoms with E-state index in [4.69, 9.17) is 18.9 Å². The van der Waals surface area contributed by atoms with Gasteiger partial charge >= 0.3 is 23.9 Å². The van der Waals surface area contributed by atoms with Crippen LogP contribution in [0.1, 0.15) is 65.6 Å². The van der Waals surface area contributed by atoms with Gasteiger partial charge in [0.15, 0.2) is 5.95 Å². The van der Waals surface area contributed by atoms with Gasteiger partial charge < -0.3 is 80.8 Å². The number of ether oxygens (including phenoxy) is 4. The molecule has 5 rings (SSSR count). The number of carboxylic acid groups (broad SMARTS) is 4. The van der Waals surface area contributed by atoms with Crippen molar-refractivity contribution in [3.8, 4) is 5.75 Å². The first-order chi connectivity index (χ1) is 46.3. The lowest BCUT2D eigenvalue weighted by molar-refractivity contribution is -0.140. The predicted octanol–water partition coefficient (Wildman–Crippen LogP) is -1.64. The molecule has 2 aromatic carbocycles. The molecule has 0 bridgehead atoms. The highest BCUT2D eigenvalue weighted by Crippen LogP contribution is 2.26. The number of benzene rings is 2. The largest absolute Gasteiger partial charge is 0.494 e. The first-order valence-corrected chi connectivity index (χ1v) is 33.3. The number of hydrogen-bond donors (Lipinski definition) is 12. The molecule has 34 nitrogen and oxygen atoms in total. The zero-order valence-electron chi connectivity index (χ0n) is 55.2. The van der Waals surface area contributed by atoms with Crippen molar-refractivity contribution in [2.24, 2.45) is 7.05 Å². The third-order valence-electron chi connectivity index (χ3n) is 15.3. The van der Waals surface area contributed by atoms with Crippen molar-refractivity contribution in [1.29, 1.82) is 0 Å². The highest BCUT2D eigenvalue weighted by molar-refractivity contribution is 7.89. The van der Waals surface area contributed by atoms with E-state index in [2.05, 4.69) is 46.6 Å². The molecule has 0 radical (unpaired) electrons. The molecular weight excluding hydrogens is 1290 g/mol. The number of aromatic nitrogens is 3. The Morgan fingerprint density at radius 1 is 0.649 bits per heavy atom. The van der Waals surface area contributed by atoms with Gasteiger partial charge in [-0.1, -0.05) is 6.07 Å². The second kappa shape index (κ2) is 41.4. The summed E-state index contributed by atoms with van der Waals surface area (Å²) in [5, 5.41) is 55.1. The molecule has 1 aliphatic heterocycles. The van der Waals surface area contributed by atoms with Gasteiger partial charge in [0.2, 0.25) is 39.1 Å². The van der Waals surface area contributed by atoms with Gasteiger partial charge in [-0.3, -0.25) is 67.5 Å². The topological polar surface area (TPSA) is 453 Å². The third-order valence-corrected chi connectivity index (χ3v) is 17.1. The van der Waals surface area contributed by atoms with Crippen molar-refractivity contribution in [3.05, 3.63) is 81.4 Å². The van der Waals surface area contributed by atoms with E-state index >= 15 is 0 Å². The number of rotatable bonds is 42. The van der Waals surface area contributed by atoms with Gasteiger partial charge in [-0.15, -0.1) is 0 Å². The molecule has 1 saturated heterocycles. The summed E-state index contributed by atoms with van der Waals surface area (Å²) in [7, 11) is -1.38. The molecule has 3 heterocycles. The van der Waals surface area contributed by atoms with E-state index in [1.807, 2.05) is 0 Å². The fraction of sp³-hybridized carbons (Fsp3) is 0.565. The summed E-state index contributed by atoms with van der Waals surface area (Å²) in [6, 6.07) is 5.18. The standard InChI is InChI=1S/C62H92N14O20S/c1-42-32-45(33-43(2)58(42)97(91,92)71-49(61(89)90)36-68-59(87)47-37-72(4)50-34-44(9-10-46(50)57(47)86)35-69-62-66-15-16-67-62)96-27-5-8-52(78)64-13-6-25-93-28-30-95-31-29-94-26-7-14-65-60(88)48(11-12-51(77)63-3)70-53(79)38-73-17-19-74(39-54(80)81)21-23-76(41-56(84)85)24-22-75(20-18-73)40-55(82)83/h9-10,15-16,32-34,37,48-49,71H,5-8,11-14,17-31,35-36,38-41H2,1-4H3,(H,63,77)(H,64,78)(H,65,88)(H,68,87)(H,70,79)(H,80,81)(H,82,83)(H,84,85)(H,89,90)(H2,66,67,69). The van der Waals surface area contributed by atoms with Crippen LogP contribution in [0.2, 0.25) is 0 Å². The van der Waals surface area contributed by atoms with Gasteiger partial charge in [0.1, 0.15) is 23.4 Å². The molecule has 1 aliphatic rings. The van der Waals surface area contributed by atoms with Crippen LogP contribution in [0.4, 0.5) is 5.95 Å². The van der Waals surface area contributed by atoms with Gasteiger partial charge in [0.25, 0.3) is 5.91 Å². The van der Waals surface area contributed by atoms with Crippen LogP contribution in [-0.4, -0.2) is 280 Å². The predicted molar refractivity (Wildman–Crippen MR) is 351 cm³/mol. The Morgan fingerprint density at radius 2 is 1.20 bits per heavy atom. The van der Waals surface area contributed by atoms with Crippen molar-refractivity contribution in [2.75, 3.05) is 157 Å². The van der Waals surface area contributed by atoms with E-state index in [1.165, 1.54) is 39.2 Å². The van der Waals surface area contributed by atoms with E-state index in [0.29, 0.717) is 69.4 Å². The van der Waals surface area contributed by atoms with Crippen LogP contribution in [0.25, 0.3) is 10.9 Å². The number of aryl methyl sites for hydroxylation is 3. The van der Waals surface area contributed by atoms with Gasteiger partial charge in [-0.2, -0.15) is 4.72 Å². The Kier molecular flexibility index (Phi) is 33.7. The molecule has 536 valence electrons. The van der Waals surface area contributed by atoms with Crippen LogP contribution >= 0.6 is 0 Å². The monoisotopic (exact) mass is 1380 g/mol. The molecular formula is C62H92N14O20S. The number of carboxylic acids is 4. The normalized spacial score (nSPS) is 14.5. The van der Waals surface area contributed by atoms with E-state index in [1.54, 1.807) is 61.8 Å². The number of sulfonamides is 1. The van der Waals surface area contributed by atoms with E-state index in [9.17, 15) is 76.8 Å². The van der Waals surface area contributed by atoms with Crippen LogP contribution in [0.5, 0.6) is 5.75 Å². The molecule has 1 fully saturated rings. The third kappa shape index (κ3) is 28.9. The van der Waals surface area contributed by atoms with Gasteiger partial charge in [0, 0.05) is 143 Å². The molecule has 5 amide bonds. The summed E-state index contributed by atoms with van der Waals surface area (Å²) in [5.74, 6) is -6.42. The maximum Gasteiger partial charge on any atom is 0.323 e. The number of pyridine rings is 1. The fourth-order valence-corrected chi connectivity index (χ4v) is 12.0. The van der Waals surface area contributed by atoms with Crippen molar-refractivity contribution in [2.45, 2.75) is 75.9 Å². The average molecular weight is 1390 g/mol. The highest BCUT2D eigenvalue weighted by Gasteiger charge is 2.30. The number of imidazole rings is 1. The SMILES string of the molecule is CNC(=O)CCC(NC(=O)CN1CCN(CC(=O)O)CCN(CC(=O)O)CCN(CC(=O)O)CC1)C(=O)NCCCOCCOCCOCCCNC(=O)CCCOc1cc(C)c(S(=O)(=O)NC(CNC(=O)c2cn(C)c3cc(CNc4ncc[nH]4)ccc3c2=O)C(=O)O)c(C)c1. The minimum Gasteiger partial charge on any atom is -0.494 e. The molecule has 12 N–H and O–H groups in total. The number of H-pyrrole nitrogens is 1. The minimum atomic E-state index is -4.48. The Labute approximate surface area is 561 Å². The number of amides is 5. The highest BCUT2D eigenvalue weighted by atomic mass is 32.2. The van der Waals surface area contributed by atoms with Crippen LogP contribution in [-0.2, 0) is 76.2 Å². The first kappa shape index (κ1) is 79.0. The number of anilines is 1. The molecule has 35 heteroatoms. The summed E-state index contributed by atoms with van der Waals surface area (Å²) in [4.78, 5) is 139. The molecule has 0 spiro atoms. The summed E-state index contributed by atoms with van der Waals surface area (Å²) in [6.07, 6.45) is 6.00. The number of aliphatic carboxylic acids is 4. The Balaban J connectivity index is 0.920. The van der Waals surface area contributed by atoms with Crippen molar-refractivity contribution in [1.82, 2.24) is 65.4 Å². The van der Waals surface area contributed by atoms with Gasteiger partial charge in [-0.25, -0.2) is 13.4 Å². The number of nitrogens with zero attached hydrogens (tertiary/aromatic N) is 6. The maximum absolute atomic E-state index is 13.7. The quantitative estimate of drug-likeness (QED) is 0.0221. The van der Waals surface area contributed by atoms with Crippen LogP contribution in [0.3, 0.4) is 0 Å². The number of fused-ring (bicyclic) bond motifs is 1. The maximum atomic E-state index is 13.7. The molecule has 0 aliphatic carbocycles. The van der Waals surface area contributed by atoms with Crippen LogP contribution in [0.15, 0.2) is 58.6 Å². The van der Waals surface area contributed by atoms with Gasteiger partial charge in [0.05, 0.1) is 69.6 Å². The molecule has 97 heavy (non-hydrogen) atoms. The second-order valence-corrected chi connectivity index (χ2v) is 24.6. The fourth-order valence-electron chi connectivity index (χ4n) is 10.3. The zero-order chi connectivity index (χ0) is 70.9. The van der Waals surface area contributed by atoms with E-state index < -0.39 is 75.7 Å². The molecule has 2 aromatic heterocycles. The smallest absolute Gasteiger partial charge is 0.323 e. The number of nitrogens with one attached hydrogen (secondary N) is 8. The number of aromatic amines is 1. The number of carbonyl (C=O) groups is 9. The zero-order valence-corrected chi connectivity index (χ0v) is 56.0. The van der Waals surface area contributed by atoms with E-state index in [0.717, 1.165) is 5.56 Å². The summed E-state index contributed by atoms with van der Waals surface area (Å²) in [5.41, 5.74) is 1.03. The molecule has 0 saturated carbocycles. The lowest BCUT2D eigenvalue weighted by Gasteiger charge is -2.33. The summed E-state index contributed by atoms with van der Waals surface area (Å²) in [6.45, 7) is 5.67. The van der Waals surface area contributed by atoms with Crippen molar-refractivity contribution < 1.29 is 90.9 Å². The number of hydrogen-bond acceptors (Lipinski definition) is 22. The summed E-state index contributed by atoms with van der Waals surface area (Å²) >= 11 is 0. The molecule has 2 unspecified atom stereocenters. The second-order valence-electron chi connectivity index (χ2n) is 23.0. The Morgan fingerprint density at radius 3 is 1.72 bits per heavy atom. The van der Waals surface area contributed by atoms with Gasteiger partial charge in [-0.05, 0) is 80.5 Å².